The van der Waals surface area contributed by atoms with Crippen LogP contribution in [0.4, 0.5) is 10.1 Å². The largest absolute Gasteiger partial charge is 0.321 e. The molecule has 0 aliphatic rings. The summed E-state index contributed by atoms with van der Waals surface area (Å²) in [6, 6.07) is 12.7. The Kier molecular flexibility index (Phi) is 4.47. The number of anilines is 1. The summed E-state index contributed by atoms with van der Waals surface area (Å²) in [5.74, 6) is -0.900. The zero-order valence-corrected chi connectivity index (χ0v) is 13.5. The first-order chi connectivity index (χ1) is 11.1. The summed E-state index contributed by atoms with van der Waals surface area (Å²) in [7, 11) is 0. The van der Waals surface area contributed by atoms with Crippen molar-refractivity contribution in [3.63, 3.8) is 0 Å². The van der Waals surface area contributed by atoms with Crippen LogP contribution in [0.3, 0.4) is 0 Å². The molecular formula is C16H12BrFN4O. The van der Waals surface area contributed by atoms with Crippen LogP contribution in [-0.4, -0.2) is 20.7 Å². The average Bonchev–Trinajstić information content (AvgIpc) is 3.06. The van der Waals surface area contributed by atoms with E-state index >= 15 is 0 Å². The zero-order valence-electron chi connectivity index (χ0n) is 11.9. The van der Waals surface area contributed by atoms with Gasteiger partial charge in [-0.1, -0.05) is 36.4 Å². The van der Waals surface area contributed by atoms with Crippen molar-refractivity contribution in [2.75, 3.05) is 5.32 Å². The number of carbonyl (C=O) groups excluding carboxylic acids is 1. The Labute approximate surface area is 140 Å². The number of hydrogen-bond donors (Lipinski definition) is 1. The lowest BCUT2D eigenvalue weighted by atomic mass is 10.0. The molecule has 0 aliphatic heterocycles. The predicted octanol–water partition coefficient (Wildman–Crippen LogP) is 3.49. The number of benzene rings is 2. The van der Waals surface area contributed by atoms with Gasteiger partial charge in [-0.05, 0) is 27.6 Å². The molecule has 0 bridgehead atoms. The summed E-state index contributed by atoms with van der Waals surface area (Å²) in [5, 5.41) is 6.48. The lowest BCUT2D eigenvalue weighted by Gasteiger charge is -2.13. The fourth-order valence-corrected chi connectivity index (χ4v) is 2.50. The molecule has 1 heterocycles. The lowest BCUT2D eigenvalue weighted by molar-refractivity contribution is -0.116. The van der Waals surface area contributed by atoms with Crippen LogP contribution in [0, 0.1) is 5.82 Å². The second-order valence-corrected chi connectivity index (χ2v) is 5.65. The Morgan fingerprint density at radius 1 is 1.22 bits per heavy atom. The Hall–Kier alpha value is -2.54. The lowest BCUT2D eigenvalue weighted by Crippen LogP contribution is -2.20. The highest BCUT2D eigenvalue weighted by atomic mass is 79.9. The van der Waals surface area contributed by atoms with Crippen LogP contribution in [0.2, 0.25) is 0 Å². The third kappa shape index (κ3) is 3.45. The van der Waals surface area contributed by atoms with Gasteiger partial charge in [0.15, 0.2) is 5.82 Å². The van der Waals surface area contributed by atoms with Crippen molar-refractivity contribution in [2.45, 2.75) is 6.54 Å². The van der Waals surface area contributed by atoms with Gasteiger partial charge in [0, 0.05) is 5.56 Å². The summed E-state index contributed by atoms with van der Waals surface area (Å²) >= 11 is 3.15. The van der Waals surface area contributed by atoms with Gasteiger partial charge in [0.25, 0.3) is 0 Å². The van der Waals surface area contributed by atoms with E-state index in [4.69, 9.17) is 0 Å². The molecule has 0 unspecified atom stereocenters. The summed E-state index contributed by atoms with van der Waals surface area (Å²) in [6.45, 7) is -0.0415. The van der Waals surface area contributed by atoms with E-state index in [2.05, 4.69) is 31.3 Å². The number of nitrogens with zero attached hydrogens (tertiary/aromatic N) is 3. The fourth-order valence-electron chi connectivity index (χ4n) is 2.17. The monoisotopic (exact) mass is 374 g/mol. The normalized spacial score (nSPS) is 10.5. The zero-order chi connectivity index (χ0) is 16.2. The summed E-state index contributed by atoms with van der Waals surface area (Å²) in [6.07, 6.45) is 2.76. The molecule has 3 rings (SSSR count). The van der Waals surface area contributed by atoms with Crippen LogP contribution in [-0.2, 0) is 11.3 Å². The minimum absolute atomic E-state index is 0.0415. The van der Waals surface area contributed by atoms with Crippen molar-refractivity contribution >= 4 is 27.5 Å². The van der Waals surface area contributed by atoms with Crippen molar-refractivity contribution in [1.29, 1.82) is 0 Å². The van der Waals surface area contributed by atoms with Gasteiger partial charge in [-0.2, -0.15) is 5.10 Å². The molecule has 5 nitrogen and oxygen atoms in total. The minimum atomic E-state index is -0.515. The molecule has 116 valence electrons. The number of aromatic nitrogens is 3. The van der Waals surface area contributed by atoms with E-state index in [9.17, 15) is 9.18 Å². The molecule has 0 radical (unpaired) electrons. The van der Waals surface area contributed by atoms with Crippen molar-refractivity contribution in [2.24, 2.45) is 0 Å². The molecule has 1 N–H and O–H groups in total. The van der Waals surface area contributed by atoms with E-state index in [1.54, 1.807) is 12.1 Å². The number of rotatable bonds is 4. The highest BCUT2D eigenvalue weighted by Gasteiger charge is 2.16. The SMILES string of the molecule is O=C(Cn1cncn1)Nc1c(-c2ccccc2)ccc(Br)c1F. The van der Waals surface area contributed by atoms with Gasteiger partial charge >= 0.3 is 0 Å². The molecule has 0 saturated heterocycles. The van der Waals surface area contributed by atoms with Gasteiger partial charge < -0.3 is 5.32 Å². The fraction of sp³-hybridized carbons (Fsp3) is 0.0625. The van der Waals surface area contributed by atoms with Crippen molar-refractivity contribution in [3.05, 3.63) is 65.4 Å². The predicted molar refractivity (Wildman–Crippen MR) is 88.2 cm³/mol. The Morgan fingerprint density at radius 2 is 2.00 bits per heavy atom. The van der Waals surface area contributed by atoms with E-state index in [0.717, 1.165) is 5.56 Å². The highest BCUT2D eigenvalue weighted by molar-refractivity contribution is 9.10. The molecule has 0 spiro atoms. The Morgan fingerprint density at radius 3 is 2.70 bits per heavy atom. The van der Waals surface area contributed by atoms with Crippen LogP contribution in [0.1, 0.15) is 0 Å². The number of carbonyl (C=O) groups is 1. The average molecular weight is 375 g/mol. The molecular weight excluding hydrogens is 363 g/mol. The molecule has 7 heteroatoms. The molecule has 0 fully saturated rings. The standard InChI is InChI=1S/C16H12BrFN4O/c17-13-7-6-12(11-4-2-1-3-5-11)16(15(13)18)21-14(23)8-22-10-19-9-20-22/h1-7,9-10H,8H2,(H,21,23). The Bertz CT molecular complexity index is 822. The molecule has 1 amide bonds. The number of amides is 1. The van der Waals surface area contributed by atoms with Gasteiger partial charge in [-0.3, -0.25) is 4.79 Å². The summed E-state index contributed by atoms with van der Waals surface area (Å²) in [5.41, 5.74) is 1.56. The minimum Gasteiger partial charge on any atom is -0.321 e. The van der Waals surface area contributed by atoms with Crippen molar-refractivity contribution in [3.8, 4) is 11.1 Å². The number of hydrogen-bond acceptors (Lipinski definition) is 3. The quantitative estimate of drug-likeness (QED) is 0.760. The molecule has 0 aliphatic carbocycles. The first-order valence-electron chi connectivity index (χ1n) is 6.81. The van der Waals surface area contributed by atoms with E-state index in [1.807, 2.05) is 30.3 Å². The van der Waals surface area contributed by atoms with Crippen LogP contribution < -0.4 is 5.32 Å². The smallest absolute Gasteiger partial charge is 0.246 e. The third-order valence-electron chi connectivity index (χ3n) is 3.22. The molecule has 2 aromatic carbocycles. The van der Waals surface area contributed by atoms with E-state index in [-0.39, 0.29) is 22.6 Å². The molecule has 23 heavy (non-hydrogen) atoms. The van der Waals surface area contributed by atoms with Gasteiger partial charge in [-0.15, -0.1) is 0 Å². The molecule has 0 saturated carbocycles. The van der Waals surface area contributed by atoms with Crippen molar-refractivity contribution in [1.82, 2.24) is 14.8 Å². The molecule has 1 aromatic heterocycles. The maximum absolute atomic E-state index is 14.5. The number of nitrogens with one attached hydrogen (secondary N) is 1. The summed E-state index contributed by atoms with van der Waals surface area (Å²) < 4.78 is 16.1. The van der Waals surface area contributed by atoms with Crippen LogP contribution in [0.25, 0.3) is 11.1 Å². The van der Waals surface area contributed by atoms with Gasteiger partial charge in [0.05, 0.1) is 10.2 Å². The molecule has 0 atom stereocenters. The topological polar surface area (TPSA) is 59.8 Å². The van der Waals surface area contributed by atoms with Crippen molar-refractivity contribution < 1.29 is 9.18 Å². The Balaban J connectivity index is 1.94. The second kappa shape index (κ2) is 6.70. The van der Waals surface area contributed by atoms with Crippen LogP contribution in [0.15, 0.2) is 59.6 Å². The number of halogens is 2. The van der Waals surface area contributed by atoms with E-state index in [0.29, 0.717) is 5.56 Å². The van der Waals surface area contributed by atoms with Gasteiger partial charge in [-0.25, -0.2) is 14.1 Å². The van der Waals surface area contributed by atoms with Gasteiger partial charge in [0.2, 0.25) is 5.91 Å². The maximum atomic E-state index is 14.5. The highest BCUT2D eigenvalue weighted by Crippen LogP contribution is 2.34. The van der Waals surface area contributed by atoms with Gasteiger partial charge in [0.1, 0.15) is 19.2 Å². The first-order valence-corrected chi connectivity index (χ1v) is 7.60. The van der Waals surface area contributed by atoms with E-state index in [1.165, 1.54) is 17.3 Å². The van der Waals surface area contributed by atoms with E-state index < -0.39 is 5.82 Å². The van der Waals surface area contributed by atoms with Crippen LogP contribution >= 0.6 is 15.9 Å². The first kappa shape index (κ1) is 15.4. The summed E-state index contributed by atoms with van der Waals surface area (Å²) in [4.78, 5) is 15.9. The third-order valence-corrected chi connectivity index (χ3v) is 3.83. The molecule has 3 aromatic rings. The second-order valence-electron chi connectivity index (χ2n) is 4.79. The maximum Gasteiger partial charge on any atom is 0.246 e. The van der Waals surface area contributed by atoms with Crippen LogP contribution in [0.5, 0.6) is 0 Å².